The molecule has 0 aliphatic rings. The number of hydrogen-bond acceptors (Lipinski definition) is 3. The molecule has 0 aromatic carbocycles. The summed E-state index contributed by atoms with van der Waals surface area (Å²) in [6.45, 7) is 0. The quantitative estimate of drug-likeness (QED) is 0.482. The maximum Gasteiger partial charge on any atom is 0.287 e. The molecule has 0 amide bonds. The van der Waals surface area contributed by atoms with Crippen LogP contribution in [-0.2, 0) is 10.0 Å². The number of nitrogens with zero attached hydrogens (tertiary/aromatic N) is 3. The number of hydrogen-bond donors (Lipinski definition) is 0. The van der Waals surface area contributed by atoms with Crippen molar-refractivity contribution >= 4 is 43.9 Å². The van der Waals surface area contributed by atoms with Crippen molar-refractivity contribution in [3.63, 3.8) is 0 Å². The van der Waals surface area contributed by atoms with Gasteiger partial charge in [0.2, 0.25) is 0 Å². The van der Waals surface area contributed by atoms with Crippen LogP contribution in [0, 0.1) is 0 Å². The zero-order valence-corrected chi connectivity index (χ0v) is 11.7. The van der Waals surface area contributed by atoms with Gasteiger partial charge in [0.05, 0.1) is 0 Å². The molecule has 88 valence electrons. The normalized spacial score (nSPS) is 12.0. The highest BCUT2D eigenvalue weighted by Gasteiger charge is 2.20. The molecule has 1 heterocycles. The van der Waals surface area contributed by atoms with E-state index in [2.05, 4.69) is 25.3 Å². The second kappa shape index (κ2) is 5.11. The van der Waals surface area contributed by atoms with Crippen LogP contribution in [0.2, 0.25) is 5.15 Å². The van der Waals surface area contributed by atoms with Crippen molar-refractivity contribution in [3.8, 4) is 0 Å². The third-order valence-corrected chi connectivity index (χ3v) is 4.11. The second-order valence-electron chi connectivity index (χ2n) is 3.07. The highest BCUT2D eigenvalue weighted by molar-refractivity contribution is 9.10. The molecule has 0 spiro atoms. The monoisotopic (exact) mass is 325 g/mol. The van der Waals surface area contributed by atoms with E-state index in [-0.39, 0.29) is 10.0 Å². The molecule has 16 heavy (non-hydrogen) atoms. The van der Waals surface area contributed by atoms with Crippen molar-refractivity contribution < 1.29 is 8.42 Å². The fourth-order valence-corrected chi connectivity index (χ4v) is 3.32. The van der Waals surface area contributed by atoms with Crippen LogP contribution >= 0.6 is 27.5 Å². The predicted molar refractivity (Wildman–Crippen MR) is 66.3 cm³/mol. The van der Waals surface area contributed by atoms with E-state index in [9.17, 15) is 8.42 Å². The van der Waals surface area contributed by atoms with Gasteiger partial charge < -0.3 is 4.90 Å². The summed E-state index contributed by atoms with van der Waals surface area (Å²) in [7, 11) is -0.499. The summed E-state index contributed by atoms with van der Waals surface area (Å²) in [4.78, 5) is 5.08. The van der Waals surface area contributed by atoms with Crippen LogP contribution in [0.4, 0.5) is 0 Å². The number of sulfonamides is 1. The predicted octanol–water partition coefficient (Wildman–Crippen LogP) is 1.78. The van der Waals surface area contributed by atoms with Gasteiger partial charge in [-0.15, -0.1) is 4.40 Å². The largest absolute Gasteiger partial charge is 0.368 e. The maximum atomic E-state index is 11.8. The number of halogens is 2. The fourth-order valence-electron chi connectivity index (χ4n) is 0.840. The van der Waals surface area contributed by atoms with E-state index in [1.165, 1.54) is 23.5 Å². The zero-order valence-electron chi connectivity index (χ0n) is 8.55. The summed E-state index contributed by atoms with van der Waals surface area (Å²) < 4.78 is 27.4. The topological polar surface area (TPSA) is 62.6 Å². The minimum Gasteiger partial charge on any atom is -0.368 e. The minimum atomic E-state index is -3.83. The third-order valence-electron chi connectivity index (χ3n) is 1.49. The molecule has 0 unspecified atom stereocenters. The summed E-state index contributed by atoms with van der Waals surface area (Å²) in [5.41, 5.74) is 0. The van der Waals surface area contributed by atoms with Crippen molar-refractivity contribution in [1.82, 2.24) is 9.88 Å². The Labute approximate surface area is 107 Å². The molecular weight excluding hydrogens is 318 g/mol. The molecule has 0 N–H and O–H groups in total. The summed E-state index contributed by atoms with van der Waals surface area (Å²) in [6.07, 6.45) is 2.59. The van der Waals surface area contributed by atoms with E-state index in [1.807, 2.05) is 0 Å². The molecule has 0 saturated carbocycles. The Bertz CT molecular complexity index is 496. The molecule has 5 nitrogen and oxygen atoms in total. The molecule has 1 rings (SSSR count). The molecule has 0 bridgehead atoms. The standard InChI is InChI=1S/C8H9BrClN3O2S/c1-13(2)5-12-16(14,15)7-6(9)3-4-11-8(7)10/h3-5H,1-2H3. The lowest BCUT2D eigenvalue weighted by molar-refractivity contribution is 0.594. The average molecular weight is 327 g/mol. The van der Waals surface area contributed by atoms with Gasteiger partial charge in [0.25, 0.3) is 10.0 Å². The van der Waals surface area contributed by atoms with Gasteiger partial charge in [0, 0.05) is 24.8 Å². The second-order valence-corrected chi connectivity index (χ2v) is 5.85. The molecule has 1 aromatic rings. The molecular formula is C8H9BrClN3O2S. The van der Waals surface area contributed by atoms with Gasteiger partial charge in [-0.1, -0.05) is 11.6 Å². The summed E-state index contributed by atoms with van der Waals surface area (Å²) >= 11 is 8.82. The van der Waals surface area contributed by atoms with Gasteiger partial charge in [0.1, 0.15) is 11.2 Å². The number of pyridine rings is 1. The molecule has 0 aliphatic carbocycles. The zero-order chi connectivity index (χ0) is 12.3. The van der Waals surface area contributed by atoms with Crippen LogP contribution < -0.4 is 0 Å². The van der Waals surface area contributed by atoms with E-state index >= 15 is 0 Å². The van der Waals surface area contributed by atoms with Crippen LogP contribution in [0.25, 0.3) is 0 Å². The van der Waals surface area contributed by atoms with E-state index in [4.69, 9.17) is 11.6 Å². The Morgan fingerprint density at radius 3 is 2.69 bits per heavy atom. The van der Waals surface area contributed by atoms with Crippen LogP contribution in [-0.4, -0.2) is 38.7 Å². The van der Waals surface area contributed by atoms with Gasteiger partial charge >= 0.3 is 0 Å². The van der Waals surface area contributed by atoms with Crippen LogP contribution in [0.5, 0.6) is 0 Å². The Kier molecular flexibility index (Phi) is 4.28. The lowest BCUT2D eigenvalue weighted by Gasteiger charge is -2.05. The van der Waals surface area contributed by atoms with Gasteiger partial charge in [-0.05, 0) is 22.0 Å². The van der Waals surface area contributed by atoms with Gasteiger partial charge in [-0.25, -0.2) is 4.98 Å². The summed E-state index contributed by atoms with van der Waals surface area (Å²) in [5.74, 6) is 0. The number of rotatable bonds is 3. The average Bonchev–Trinajstić information content (AvgIpc) is 2.14. The molecule has 0 saturated heterocycles. The van der Waals surface area contributed by atoms with Crippen molar-refractivity contribution in [2.75, 3.05) is 14.1 Å². The molecule has 0 atom stereocenters. The van der Waals surface area contributed by atoms with Crippen molar-refractivity contribution in [1.29, 1.82) is 0 Å². The van der Waals surface area contributed by atoms with Crippen molar-refractivity contribution in [3.05, 3.63) is 21.9 Å². The Morgan fingerprint density at radius 1 is 1.56 bits per heavy atom. The van der Waals surface area contributed by atoms with Crippen LogP contribution in [0.1, 0.15) is 0 Å². The molecule has 0 radical (unpaired) electrons. The fraction of sp³-hybridized carbons (Fsp3) is 0.250. The summed E-state index contributed by atoms with van der Waals surface area (Å²) in [5, 5.41) is -0.106. The minimum absolute atomic E-state index is 0.106. The first-order valence-electron chi connectivity index (χ1n) is 4.11. The molecule has 8 heteroatoms. The van der Waals surface area contributed by atoms with Gasteiger partial charge in [-0.2, -0.15) is 8.42 Å². The van der Waals surface area contributed by atoms with E-state index in [1.54, 1.807) is 14.1 Å². The first-order valence-corrected chi connectivity index (χ1v) is 6.72. The Balaban J connectivity index is 3.28. The van der Waals surface area contributed by atoms with Crippen LogP contribution in [0.15, 0.2) is 26.0 Å². The molecule has 0 fully saturated rings. The molecule has 1 aromatic heterocycles. The van der Waals surface area contributed by atoms with Crippen molar-refractivity contribution in [2.24, 2.45) is 4.40 Å². The first kappa shape index (κ1) is 13.4. The van der Waals surface area contributed by atoms with E-state index in [0.29, 0.717) is 4.47 Å². The summed E-state index contributed by atoms with van der Waals surface area (Å²) in [6, 6.07) is 1.49. The van der Waals surface area contributed by atoms with E-state index in [0.717, 1.165) is 0 Å². The Morgan fingerprint density at radius 2 is 2.19 bits per heavy atom. The number of aromatic nitrogens is 1. The highest BCUT2D eigenvalue weighted by Crippen LogP contribution is 2.28. The van der Waals surface area contributed by atoms with Gasteiger partial charge in [-0.3, -0.25) is 0 Å². The first-order chi connectivity index (χ1) is 7.34. The van der Waals surface area contributed by atoms with Crippen molar-refractivity contribution in [2.45, 2.75) is 4.90 Å². The SMILES string of the molecule is CN(C)C=NS(=O)(=O)c1c(Br)ccnc1Cl. The lowest BCUT2D eigenvalue weighted by atomic mass is 10.5. The maximum absolute atomic E-state index is 11.8. The molecule has 0 aliphatic heterocycles. The third kappa shape index (κ3) is 3.16. The van der Waals surface area contributed by atoms with E-state index < -0.39 is 10.0 Å². The Hall–Kier alpha value is -0.660. The highest BCUT2D eigenvalue weighted by atomic mass is 79.9. The smallest absolute Gasteiger partial charge is 0.287 e. The lowest BCUT2D eigenvalue weighted by Crippen LogP contribution is -2.10. The van der Waals surface area contributed by atoms with Crippen LogP contribution in [0.3, 0.4) is 0 Å². The van der Waals surface area contributed by atoms with Gasteiger partial charge in [0.15, 0.2) is 5.15 Å².